The molecule has 0 unspecified atom stereocenters. The second kappa shape index (κ2) is 5.41. The zero-order valence-corrected chi connectivity index (χ0v) is 11.0. The molecule has 0 bridgehead atoms. The van der Waals surface area contributed by atoms with Crippen molar-refractivity contribution in [2.45, 2.75) is 32.0 Å². The van der Waals surface area contributed by atoms with E-state index < -0.39 is 0 Å². The molecule has 0 radical (unpaired) electrons. The summed E-state index contributed by atoms with van der Waals surface area (Å²) in [6, 6.07) is 13.0. The number of nitrogen functional groups attached to an aromatic ring is 1. The predicted octanol–water partition coefficient (Wildman–Crippen LogP) is 2.83. The number of benzene rings is 1. The minimum absolute atomic E-state index is 0.724. The molecular formula is C16H19N3. The average Bonchev–Trinajstić information content (AvgIpc) is 3.23. The van der Waals surface area contributed by atoms with Gasteiger partial charge in [0.05, 0.1) is 0 Å². The highest BCUT2D eigenvalue weighted by molar-refractivity contribution is 5.40. The Labute approximate surface area is 114 Å². The van der Waals surface area contributed by atoms with Crippen LogP contribution in [0.25, 0.3) is 0 Å². The van der Waals surface area contributed by atoms with Crippen molar-refractivity contribution in [2.24, 2.45) is 0 Å². The number of nitrogens with zero attached hydrogens (tertiary/aromatic N) is 2. The quantitative estimate of drug-likeness (QED) is 0.833. The fourth-order valence-electron chi connectivity index (χ4n) is 2.41. The number of nitrogens with two attached hydrogens (primary N) is 1. The number of anilines is 1. The van der Waals surface area contributed by atoms with Crippen molar-refractivity contribution >= 4 is 5.69 Å². The standard InChI is InChI=1S/C16H19N3/c17-15-5-1-3-13(9-15)11-19(16-6-7-16)12-14-4-2-8-18-10-14/h1-5,8-10,16H,6-7,11-12,17H2. The van der Waals surface area contributed by atoms with E-state index >= 15 is 0 Å². The summed E-state index contributed by atoms with van der Waals surface area (Å²) >= 11 is 0. The minimum atomic E-state index is 0.724. The van der Waals surface area contributed by atoms with Gasteiger partial charge >= 0.3 is 0 Å². The van der Waals surface area contributed by atoms with Gasteiger partial charge < -0.3 is 5.73 Å². The average molecular weight is 253 g/mol. The van der Waals surface area contributed by atoms with Crippen molar-refractivity contribution in [3.63, 3.8) is 0 Å². The summed E-state index contributed by atoms with van der Waals surface area (Å²) in [7, 11) is 0. The van der Waals surface area contributed by atoms with E-state index in [-0.39, 0.29) is 0 Å². The highest BCUT2D eigenvalue weighted by Gasteiger charge is 2.28. The topological polar surface area (TPSA) is 42.1 Å². The number of rotatable bonds is 5. The van der Waals surface area contributed by atoms with Crippen LogP contribution < -0.4 is 5.73 Å². The maximum absolute atomic E-state index is 5.85. The molecule has 3 heteroatoms. The van der Waals surface area contributed by atoms with E-state index in [0.717, 1.165) is 24.8 Å². The van der Waals surface area contributed by atoms with Crippen molar-refractivity contribution in [2.75, 3.05) is 5.73 Å². The molecule has 1 heterocycles. The summed E-state index contributed by atoms with van der Waals surface area (Å²) < 4.78 is 0. The molecule has 3 rings (SSSR count). The van der Waals surface area contributed by atoms with Crippen molar-refractivity contribution in [1.82, 2.24) is 9.88 Å². The fourth-order valence-corrected chi connectivity index (χ4v) is 2.41. The van der Waals surface area contributed by atoms with Crippen molar-refractivity contribution in [1.29, 1.82) is 0 Å². The molecule has 1 fully saturated rings. The maximum atomic E-state index is 5.85. The molecule has 19 heavy (non-hydrogen) atoms. The Morgan fingerprint density at radius 1 is 1.11 bits per heavy atom. The zero-order valence-electron chi connectivity index (χ0n) is 11.0. The van der Waals surface area contributed by atoms with E-state index in [4.69, 9.17) is 5.73 Å². The molecule has 1 saturated carbocycles. The van der Waals surface area contributed by atoms with E-state index in [0.29, 0.717) is 0 Å². The van der Waals surface area contributed by atoms with Gasteiger partial charge in [-0.2, -0.15) is 0 Å². The van der Waals surface area contributed by atoms with Gasteiger partial charge in [0.15, 0.2) is 0 Å². The van der Waals surface area contributed by atoms with Crippen LogP contribution in [-0.4, -0.2) is 15.9 Å². The smallest absolute Gasteiger partial charge is 0.0317 e. The third-order valence-electron chi connectivity index (χ3n) is 3.51. The fraction of sp³-hybridized carbons (Fsp3) is 0.312. The van der Waals surface area contributed by atoms with Crippen LogP contribution in [-0.2, 0) is 13.1 Å². The van der Waals surface area contributed by atoms with Crippen LogP contribution in [0.5, 0.6) is 0 Å². The van der Waals surface area contributed by atoms with E-state index in [2.05, 4.69) is 28.1 Å². The summed E-state index contributed by atoms with van der Waals surface area (Å²) in [6.07, 6.45) is 6.39. The normalized spacial score (nSPS) is 14.8. The first-order valence-electron chi connectivity index (χ1n) is 6.78. The number of pyridine rings is 1. The van der Waals surface area contributed by atoms with Crippen LogP contribution in [0.15, 0.2) is 48.8 Å². The van der Waals surface area contributed by atoms with Crippen LogP contribution in [0.4, 0.5) is 5.69 Å². The molecule has 3 nitrogen and oxygen atoms in total. The van der Waals surface area contributed by atoms with E-state index in [1.807, 2.05) is 30.6 Å². The van der Waals surface area contributed by atoms with Gasteiger partial charge in [-0.15, -0.1) is 0 Å². The van der Waals surface area contributed by atoms with Gasteiger partial charge in [-0.05, 0) is 42.2 Å². The van der Waals surface area contributed by atoms with Gasteiger partial charge in [-0.25, -0.2) is 0 Å². The van der Waals surface area contributed by atoms with Gasteiger partial charge in [0.1, 0.15) is 0 Å². The second-order valence-corrected chi connectivity index (χ2v) is 5.24. The largest absolute Gasteiger partial charge is 0.399 e. The summed E-state index contributed by atoms with van der Waals surface area (Å²) in [5.41, 5.74) is 9.26. The lowest BCUT2D eigenvalue weighted by molar-refractivity contribution is 0.245. The summed E-state index contributed by atoms with van der Waals surface area (Å²) in [6.45, 7) is 1.93. The molecule has 1 aliphatic carbocycles. The second-order valence-electron chi connectivity index (χ2n) is 5.24. The molecule has 0 aliphatic heterocycles. The van der Waals surface area contributed by atoms with Crippen molar-refractivity contribution in [3.05, 3.63) is 59.9 Å². The van der Waals surface area contributed by atoms with Crippen LogP contribution in [0.3, 0.4) is 0 Å². The number of hydrogen-bond donors (Lipinski definition) is 1. The van der Waals surface area contributed by atoms with Gasteiger partial charge in [0.25, 0.3) is 0 Å². The number of aromatic nitrogens is 1. The molecule has 98 valence electrons. The lowest BCUT2D eigenvalue weighted by atomic mass is 10.1. The zero-order chi connectivity index (χ0) is 13.1. The SMILES string of the molecule is Nc1cccc(CN(Cc2cccnc2)C2CC2)c1. The molecule has 0 saturated heterocycles. The molecule has 1 aromatic heterocycles. The van der Waals surface area contributed by atoms with Crippen LogP contribution >= 0.6 is 0 Å². The van der Waals surface area contributed by atoms with Crippen LogP contribution in [0.2, 0.25) is 0 Å². The highest BCUT2D eigenvalue weighted by atomic mass is 15.2. The molecule has 0 atom stereocenters. The molecule has 0 amide bonds. The molecule has 1 aromatic carbocycles. The Morgan fingerprint density at radius 2 is 1.89 bits per heavy atom. The van der Waals surface area contributed by atoms with Crippen molar-refractivity contribution < 1.29 is 0 Å². The monoisotopic (exact) mass is 253 g/mol. The first-order valence-corrected chi connectivity index (χ1v) is 6.78. The van der Waals surface area contributed by atoms with Crippen LogP contribution in [0.1, 0.15) is 24.0 Å². The van der Waals surface area contributed by atoms with Crippen LogP contribution in [0, 0.1) is 0 Å². The van der Waals surface area contributed by atoms with E-state index in [1.54, 1.807) is 0 Å². The third kappa shape index (κ3) is 3.32. The van der Waals surface area contributed by atoms with E-state index in [9.17, 15) is 0 Å². The molecular weight excluding hydrogens is 234 g/mol. The Bertz CT molecular complexity index is 535. The summed E-state index contributed by atoms with van der Waals surface area (Å²) in [5.74, 6) is 0. The molecule has 2 aromatic rings. The third-order valence-corrected chi connectivity index (χ3v) is 3.51. The Morgan fingerprint density at radius 3 is 2.58 bits per heavy atom. The first-order chi connectivity index (χ1) is 9.31. The van der Waals surface area contributed by atoms with Gasteiger partial charge in [0.2, 0.25) is 0 Å². The maximum Gasteiger partial charge on any atom is 0.0317 e. The van der Waals surface area contributed by atoms with Gasteiger partial charge in [0, 0.05) is 37.2 Å². The lowest BCUT2D eigenvalue weighted by Crippen LogP contribution is -2.25. The Balaban J connectivity index is 1.71. The Kier molecular flexibility index (Phi) is 3.47. The molecule has 0 spiro atoms. The molecule has 1 aliphatic rings. The number of hydrogen-bond acceptors (Lipinski definition) is 3. The lowest BCUT2D eigenvalue weighted by Gasteiger charge is -2.22. The summed E-state index contributed by atoms with van der Waals surface area (Å²) in [4.78, 5) is 6.71. The predicted molar refractivity (Wildman–Crippen MR) is 77.4 cm³/mol. The Hall–Kier alpha value is -1.87. The highest BCUT2D eigenvalue weighted by Crippen LogP contribution is 2.29. The molecule has 2 N–H and O–H groups in total. The first kappa shape index (κ1) is 12.2. The van der Waals surface area contributed by atoms with Gasteiger partial charge in [-0.3, -0.25) is 9.88 Å². The van der Waals surface area contributed by atoms with Crippen molar-refractivity contribution in [3.8, 4) is 0 Å². The minimum Gasteiger partial charge on any atom is -0.399 e. The summed E-state index contributed by atoms with van der Waals surface area (Å²) in [5, 5.41) is 0. The van der Waals surface area contributed by atoms with Gasteiger partial charge in [-0.1, -0.05) is 18.2 Å². The van der Waals surface area contributed by atoms with E-state index in [1.165, 1.54) is 24.0 Å².